The van der Waals surface area contributed by atoms with Crippen LogP contribution in [0.1, 0.15) is 39.2 Å². The van der Waals surface area contributed by atoms with Gasteiger partial charge in [-0.1, -0.05) is 38.1 Å². The van der Waals surface area contributed by atoms with Crippen LogP contribution in [0.3, 0.4) is 0 Å². The third-order valence-electron chi connectivity index (χ3n) is 6.13. The van der Waals surface area contributed by atoms with E-state index in [4.69, 9.17) is 16.2 Å². The number of carbonyl (C=O) groups is 2. The van der Waals surface area contributed by atoms with Crippen molar-refractivity contribution in [2.24, 2.45) is 22.1 Å². The molecule has 1 aliphatic rings. The maximum atomic E-state index is 12.7. The lowest BCUT2D eigenvalue weighted by molar-refractivity contribution is -0.151. The molecule has 1 aliphatic carbocycles. The largest absolute Gasteiger partial charge is 0.468 e. The van der Waals surface area contributed by atoms with Crippen LogP contribution in [0.15, 0.2) is 41.7 Å². The van der Waals surface area contributed by atoms with Gasteiger partial charge >= 0.3 is 5.97 Å². The summed E-state index contributed by atoms with van der Waals surface area (Å²) in [6.45, 7) is 5.98. The minimum atomic E-state index is -1.17. The molecule has 1 saturated carbocycles. The lowest BCUT2D eigenvalue weighted by Gasteiger charge is -2.34. The monoisotopic (exact) mass is 409 g/mol. The molecule has 1 heterocycles. The van der Waals surface area contributed by atoms with Crippen molar-refractivity contribution in [1.29, 1.82) is 0 Å². The Bertz CT molecular complexity index is 979. The van der Waals surface area contributed by atoms with Gasteiger partial charge in [0.2, 0.25) is 5.95 Å². The van der Waals surface area contributed by atoms with E-state index in [2.05, 4.69) is 15.0 Å². The van der Waals surface area contributed by atoms with Gasteiger partial charge in [0.05, 0.1) is 12.5 Å². The highest BCUT2D eigenvalue weighted by Gasteiger charge is 2.58. The van der Waals surface area contributed by atoms with Crippen molar-refractivity contribution in [3.05, 3.63) is 42.2 Å². The highest BCUT2D eigenvalue weighted by atomic mass is 16.5. The van der Waals surface area contributed by atoms with Crippen molar-refractivity contribution in [3.63, 3.8) is 0 Å². The molecule has 0 spiro atoms. The smallest absolute Gasteiger partial charge is 0.321 e. The molecule has 4 N–H and O–H groups in total. The van der Waals surface area contributed by atoms with Gasteiger partial charge in [0.25, 0.3) is 5.91 Å². The summed E-state index contributed by atoms with van der Waals surface area (Å²) in [5, 5.41) is 0. The fourth-order valence-electron chi connectivity index (χ4n) is 3.43. The van der Waals surface area contributed by atoms with Crippen molar-refractivity contribution >= 4 is 23.7 Å². The van der Waals surface area contributed by atoms with Crippen molar-refractivity contribution in [2.75, 3.05) is 12.8 Å². The molecule has 8 nitrogen and oxygen atoms in total. The second-order valence-corrected chi connectivity index (χ2v) is 8.14. The Kier molecular flexibility index (Phi) is 5.61. The van der Waals surface area contributed by atoms with E-state index >= 15 is 0 Å². The summed E-state index contributed by atoms with van der Waals surface area (Å²) in [7, 11) is 1.27. The van der Waals surface area contributed by atoms with Gasteiger partial charge in [-0.15, -0.1) is 0 Å². The highest BCUT2D eigenvalue weighted by molar-refractivity contribution is 6.11. The van der Waals surface area contributed by atoms with Crippen LogP contribution in [0.2, 0.25) is 0 Å². The zero-order valence-electron chi connectivity index (χ0n) is 17.7. The minimum absolute atomic E-state index is 0.0491. The number of anilines is 1. The number of esters is 1. The summed E-state index contributed by atoms with van der Waals surface area (Å²) in [4.78, 5) is 36.9. The van der Waals surface area contributed by atoms with E-state index in [1.807, 2.05) is 45.0 Å². The molecule has 0 aliphatic heterocycles. The average Bonchev–Trinajstić information content (AvgIpc) is 3.55. The standard InChI is InChI=1S/C22H27N5O3/c1-13(2)21(3,17(23)27-18(28)22(9-10-22)19(29)30-4)16-7-5-14(6-8-16)15-11-25-20(24)26-12-15/h5-8,11-13H,9-10H2,1-4H3,(H2,23,27,28)(H2,24,25,26). The molecule has 30 heavy (non-hydrogen) atoms. The van der Waals surface area contributed by atoms with Crippen molar-refractivity contribution < 1.29 is 14.3 Å². The van der Waals surface area contributed by atoms with E-state index in [0.717, 1.165) is 16.7 Å². The van der Waals surface area contributed by atoms with Crippen LogP contribution in [0.4, 0.5) is 5.95 Å². The molecule has 1 aromatic carbocycles. The number of nitrogen functional groups attached to an aromatic ring is 1. The van der Waals surface area contributed by atoms with Gasteiger partial charge in [-0.2, -0.15) is 4.99 Å². The van der Waals surface area contributed by atoms with Crippen LogP contribution in [0.5, 0.6) is 0 Å². The molecule has 8 heteroatoms. The molecule has 1 aromatic heterocycles. The first-order valence-corrected chi connectivity index (χ1v) is 9.81. The number of hydrogen-bond donors (Lipinski definition) is 2. The summed E-state index contributed by atoms with van der Waals surface area (Å²) in [5.41, 5.74) is 12.7. The summed E-state index contributed by atoms with van der Waals surface area (Å²) in [6, 6.07) is 7.78. The first-order valence-electron chi connectivity index (χ1n) is 9.81. The number of ether oxygens (including phenoxy) is 1. The number of methoxy groups -OCH3 is 1. The van der Waals surface area contributed by atoms with Gasteiger partial charge < -0.3 is 16.2 Å². The van der Waals surface area contributed by atoms with Gasteiger partial charge in [-0.3, -0.25) is 9.59 Å². The van der Waals surface area contributed by atoms with E-state index < -0.39 is 22.7 Å². The molecule has 1 atom stereocenters. The van der Waals surface area contributed by atoms with E-state index in [0.29, 0.717) is 12.8 Å². The molecule has 158 valence electrons. The molecule has 0 bridgehead atoms. The second kappa shape index (κ2) is 7.85. The molecule has 1 fully saturated rings. The number of amidine groups is 1. The van der Waals surface area contributed by atoms with E-state index in [-0.39, 0.29) is 17.7 Å². The fourth-order valence-corrected chi connectivity index (χ4v) is 3.43. The highest BCUT2D eigenvalue weighted by Crippen LogP contribution is 2.48. The Morgan fingerprint density at radius 2 is 1.70 bits per heavy atom. The quantitative estimate of drug-likeness (QED) is 0.324. The van der Waals surface area contributed by atoms with E-state index in [1.54, 1.807) is 12.4 Å². The van der Waals surface area contributed by atoms with Crippen LogP contribution in [0.25, 0.3) is 11.1 Å². The number of carbonyl (C=O) groups excluding carboxylic acids is 2. The Labute approximate surface area is 175 Å². The SMILES string of the molecule is COC(=O)C1(C(=O)N=C(N)C(C)(c2ccc(-c3cnc(N)nc3)cc2)C(C)C)CC1. The average molecular weight is 409 g/mol. The number of benzene rings is 1. The second-order valence-electron chi connectivity index (χ2n) is 8.14. The van der Waals surface area contributed by atoms with E-state index in [9.17, 15) is 9.59 Å². The Hall–Kier alpha value is -3.29. The summed E-state index contributed by atoms with van der Waals surface area (Å²) >= 11 is 0. The third-order valence-corrected chi connectivity index (χ3v) is 6.13. The predicted molar refractivity (Wildman–Crippen MR) is 114 cm³/mol. The van der Waals surface area contributed by atoms with Gasteiger partial charge in [0.15, 0.2) is 0 Å². The molecular formula is C22H27N5O3. The maximum Gasteiger partial charge on any atom is 0.321 e. The number of nitrogens with zero attached hydrogens (tertiary/aromatic N) is 3. The van der Waals surface area contributed by atoms with Crippen LogP contribution in [0, 0.1) is 11.3 Å². The minimum Gasteiger partial charge on any atom is -0.468 e. The number of amides is 1. The molecular weight excluding hydrogens is 382 g/mol. The number of nitrogens with two attached hydrogens (primary N) is 2. The zero-order chi connectivity index (χ0) is 22.1. The normalized spacial score (nSPS) is 17.3. The molecule has 0 radical (unpaired) electrons. The fraction of sp³-hybridized carbons (Fsp3) is 0.409. The van der Waals surface area contributed by atoms with Gasteiger partial charge in [-0.05, 0) is 36.8 Å². The number of rotatable bonds is 6. The van der Waals surface area contributed by atoms with Crippen molar-refractivity contribution in [2.45, 2.75) is 39.0 Å². The first kappa shape index (κ1) is 21.4. The van der Waals surface area contributed by atoms with Crippen LogP contribution in [-0.4, -0.2) is 34.8 Å². The van der Waals surface area contributed by atoms with Gasteiger partial charge in [-0.25, -0.2) is 9.97 Å². The van der Waals surface area contributed by atoms with Gasteiger partial charge in [0.1, 0.15) is 11.3 Å². The van der Waals surface area contributed by atoms with Crippen LogP contribution in [-0.2, 0) is 19.7 Å². The predicted octanol–water partition coefficient (Wildman–Crippen LogP) is 2.48. The maximum absolute atomic E-state index is 12.7. The van der Waals surface area contributed by atoms with E-state index in [1.165, 1.54) is 7.11 Å². The lowest BCUT2D eigenvalue weighted by Crippen LogP contribution is -2.44. The number of aliphatic imine (C=N–C) groups is 1. The summed E-state index contributed by atoms with van der Waals surface area (Å²) < 4.78 is 4.77. The third kappa shape index (κ3) is 3.65. The Morgan fingerprint density at radius 3 is 2.17 bits per heavy atom. The van der Waals surface area contributed by atoms with Crippen molar-refractivity contribution in [3.8, 4) is 11.1 Å². The van der Waals surface area contributed by atoms with Crippen molar-refractivity contribution in [1.82, 2.24) is 9.97 Å². The Morgan fingerprint density at radius 1 is 1.13 bits per heavy atom. The zero-order valence-corrected chi connectivity index (χ0v) is 17.7. The first-order chi connectivity index (χ1) is 14.1. The number of aromatic nitrogens is 2. The molecule has 0 saturated heterocycles. The Balaban J connectivity index is 1.92. The molecule has 3 rings (SSSR count). The molecule has 1 unspecified atom stereocenters. The lowest BCUT2D eigenvalue weighted by atomic mass is 9.72. The van der Waals surface area contributed by atoms with Gasteiger partial charge in [0, 0.05) is 18.0 Å². The topological polar surface area (TPSA) is 134 Å². The summed E-state index contributed by atoms with van der Waals surface area (Å²) in [6.07, 6.45) is 4.20. The van der Waals surface area contributed by atoms with Crippen LogP contribution >= 0.6 is 0 Å². The van der Waals surface area contributed by atoms with Crippen LogP contribution < -0.4 is 11.5 Å². The molecule has 1 amide bonds. The molecule has 2 aromatic rings. The number of hydrogen-bond acceptors (Lipinski definition) is 6. The summed E-state index contributed by atoms with van der Waals surface area (Å²) in [5.74, 6) is -0.634.